The van der Waals surface area contributed by atoms with Crippen LogP contribution in [0.1, 0.15) is 0 Å². The minimum absolute atomic E-state index is 0.147. The van der Waals surface area contributed by atoms with E-state index < -0.39 is 22.1 Å². The third-order valence-corrected chi connectivity index (χ3v) is 4.42. The second-order valence-corrected chi connectivity index (χ2v) is 6.65. The Labute approximate surface area is 160 Å². The predicted octanol–water partition coefficient (Wildman–Crippen LogP) is 3.26. The molecule has 1 heterocycles. The third kappa shape index (κ3) is 4.49. The van der Waals surface area contributed by atoms with E-state index >= 15 is 0 Å². The Bertz CT molecular complexity index is 1100. The van der Waals surface area contributed by atoms with Gasteiger partial charge in [0.2, 0.25) is 5.91 Å². The number of nitrogens with one attached hydrogen (secondary N) is 1. The maximum absolute atomic E-state index is 12.4. The van der Waals surface area contributed by atoms with Crippen molar-refractivity contribution in [1.82, 2.24) is 9.55 Å². The Kier molecular flexibility index (Phi) is 5.64. The van der Waals surface area contributed by atoms with Crippen LogP contribution < -0.4 is 10.9 Å². The number of non-ortho nitro benzene ring substituents is 1. The summed E-state index contributed by atoms with van der Waals surface area (Å²) in [5, 5.41) is 13.5. The number of thioether (sulfide) groups is 1. The van der Waals surface area contributed by atoms with Crippen molar-refractivity contribution in [1.29, 1.82) is 0 Å². The highest BCUT2D eigenvalue weighted by molar-refractivity contribution is 7.99. The van der Waals surface area contributed by atoms with Crippen molar-refractivity contribution >= 4 is 39.9 Å². The van der Waals surface area contributed by atoms with Crippen molar-refractivity contribution in [2.24, 2.45) is 0 Å². The van der Waals surface area contributed by atoms with Gasteiger partial charge in [-0.1, -0.05) is 11.8 Å². The van der Waals surface area contributed by atoms with Crippen LogP contribution in [0.3, 0.4) is 0 Å². The Morgan fingerprint density at radius 3 is 2.61 bits per heavy atom. The summed E-state index contributed by atoms with van der Waals surface area (Å²) in [6.45, 7) is -0.327. The zero-order valence-corrected chi connectivity index (χ0v) is 14.9. The number of halogens is 2. The molecule has 0 spiro atoms. The van der Waals surface area contributed by atoms with Crippen LogP contribution in [0.5, 0.6) is 0 Å². The van der Waals surface area contributed by atoms with Crippen LogP contribution in [0.2, 0.25) is 0 Å². The Morgan fingerprint density at radius 1 is 1.25 bits per heavy atom. The molecule has 2 aromatic carbocycles. The summed E-state index contributed by atoms with van der Waals surface area (Å²) in [6.07, 6.45) is 1.14. The predicted molar refractivity (Wildman–Crippen MR) is 99.6 cm³/mol. The van der Waals surface area contributed by atoms with Crippen molar-refractivity contribution in [3.63, 3.8) is 0 Å². The number of alkyl halides is 2. The van der Waals surface area contributed by atoms with Gasteiger partial charge in [0.1, 0.15) is 6.54 Å². The van der Waals surface area contributed by atoms with Gasteiger partial charge < -0.3 is 5.32 Å². The van der Waals surface area contributed by atoms with Gasteiger partial charge in [-0.15, -0.1) is 0 Å². The number of nitrogens with zero attached hydrogens (tertiary/aromatic N) is 3. The van der Waals surface area contributed by atoms with E-state index in [1.54, 1.807) is 0 Å². The van der Waals surface area contributed by atoms with E-state index in [4.69, 9.17) is 0 Å². The molecule has 0 radical (unpaired) electrons. The molecule has 144 valence electrons. The lowest BCUT2D eigenvalue weighted by Gasteiger charge is -2.08. The summed E-state index contributed by atoms with van der Waals surface area (Å²) in [5.74, 6) is -3.05. The lowest BCUT2D eigenvalue weighted by molar-refractivity contribution is -0.384. The molecule has 3 rings (SSSR count). The molecule has 8 nitrogen and oxygen atoms in total. The molecule has 28 heavy (non-hydrogen) atoms. The molecule has 0 unspecified atom stereocenters. The number of carbonyl (C=O) groups is 1. The fourth-order valence-electron chi connectivity index (χ4n) is 2.45. The summed E-state index contributed by atoms with van der Waals surface area (Å²) in [5.41, 5.74) is -0.161. The van der Waals surface area contributed by atoms with Crippen LogP contribution in [0, 0.1) is 10.1 Å². The average molecular weight is 406 g/mol. The van der Waals surface area contributed by atoms with E-state index in [1.807, 2.05) is 0 Å². The van der Waals surface area contributed by atoms with Crippen molar-refractivity contribution in [3.05, 3.63) is 69.3 Å². The molecule has 1 N–H and O–H groups in total. The first-order valence-corrected chi connectivity index (χ1v) is 8.70. The molecule has 0 fully saturated rings. The van der Waals surface area contributed by atoms with E-state index in [1.165, 1.54) is 42.5 Å². The second-order valence-electron chi connectivity index (χ2n) is 5.59. The number of amides is 1. The summed E-state index contributed by atoms with van der Waals surface area (Å²) in [4.78, 5) is 39.2. The highest BCUT2D eigenvalue weighted by Gasteiger charge is 2.12. The second kappa shape index (κ2) is 8.13. The smallest absolute Gasteiger partial charge is 0.288 e. The van der Waals surface area contributed by atoms with Crippen molar-refractivity contribution < 1.29 is 18.5 Å². The van der Waals surface area contributed by atoms with Crippen LogP contribution in [0.25, 0.3) is 10.9 Å². The van der Waals surface area contributed by atoms with Crippen LogP contribution >= 0.6 is 11.8 Å². The molecule has 11 heteroatoms. The number of rotatable bonds is 6. The number of hydrogen-bond acceptors (Lipinski definition) is 6. The third-order valence-electron chi connectivity index (χ3n) is 3.70. The maximum atomic E-state index is 12.4. The van der Waals surface area contributed by atoms with Crippen LogP contribution in [0.4, 0.5) is 20.2 Å². The Balaban J connectivity index is 1.74. The Morgan fingerprint density at radius 2 is 1.96 bits per heavy atom. The van der Waals surface area contributed by atoms with Gasteiger partial charge in [-0.05, 0) is 30.3 Å². The first kappa shape index (κ1) is 19.4. The first-order chi connectivity index (χ1) is 13.3. The minimum Gasteiger partial charge on any atom is -0.325 e. The monoisotopic (exact) mass is 406 g/mol. The van der Waals surface area contributed by atoms with Gasteiger partial charge in [-0.25, -0.2) is 4.98 Å². The lowest BCUT2D eigenvalue weighted by atomic mass is 10.2. The van der Waals surface area contributed by atoms with E-state index in [0.29, 0.717) is 22.3 Å². The fraction of sp³-hybridized carbons (Fsp3) is 0.118. The highest BCUT2D eigenvalue weighted by Crippen LogP contribution is 2.26. The number of hydrogen-bond donors (Lipinski definition) is 1. The molecule has 0 aliphatic rings. The van der Waals surface area contributed by atoms with Gasteiger partial charge in [0.05, 0.1) is 22.2 Å². The number of fused-ring (bicyclic) bond motifs is 1. The summed E-state index contributed by atoms with van der Waals surface area (Å²) >= 11 is 0.393. The van der Waals surface area contributed by atoms with Crippen LogP contribution in [0.15, 0.2) is 58.5 Å². The summed E-state index contributed by atoms with van der Waals surface area (Å²) in [6, 6.07) is 9.50. The topological polar surface area (TPSA) is 107 Å². The lowest BCUT2D eigenvalue weighted by Crippen LogP contribution is -2.27. The van der Waals surface area contributed by atoms with Crippen molar-refractivity contribution in [2.45, 2.75) is 17.2 Å². The van der Waals surface area contributed by atoms with Crippen LogP contribution in [-0.4, -0.2) is 26.1 Å². The van der Waals surface area contributed by atoms with E-state index in [0.717, 1.165) is 10.9 Å². The largest absolute Gasteiger partial charge is 0.325 e. The SMILES string of the molecule is O=C(Cn1cnc2cc([N+](=O)[O-])ccc2c1=O)Nc1ccc(SC(F)F)cc1. The zero-order valence-electron chi connectivity index (χ0n) is 14.0. The maximum Gasteiger partial charge on any atom is 0.288 e. The molecule has 3 aromatic rings. The molecule has 0 aliphatic heterocycles. The molecule has 0 aliphatic carbocycles. The number of anilines is 1. The minimum atomic E-state index is -2.53. The van der Waals surface area contributed by atoms with Gasteiger partial charge in [-0.3, -0.25) is 24.3 Å². The molecule has 0 bridgehead atoms. The molecular formula is C17H12F2N4O4S. The molecule has 1 amide bonds. The van der Waals surface area contributed by atoms with Crippen molar-refractivity contribution in [2.75, 3.05) is 5.32 Å². The van der Waals surface area contributed by atoms with E-state index in [9.17, 15) is 28.5 Å². The standard InChI is InChI=1S/C17H12F2N4O4S/c18-17(19)28-12-4-1-10(2-5-12)21-15(24)8-22-9-20-14-7-11(23(26)27)3-6-13(14)16(22)25/h1-7,9,17H,8H2,(H,21,24). The number of nitro groups is 1. The molecule has 1 aromatic heterocycles. The first-order valence-electron chi connectivity index (χ1n) is 7.82. The Hall–Kier alpha value is -3.34. The summed E-state index contributed by atoms with van der Waals surface area (Å²) < 4.78 is 25.7. The average Bonchev–Trinajstić information content (AvgIpc) is 2.65. The van der Waals surface area contributed by atoms with Crippen molar-refractivity contribution in [3.8, 4) is 0 Å². The van der Waals surface area contributed by atoms with Gasteiger partial charge in [-0.2, -0.15) is 8.78 Å². The number of nitro benzene ring substituents is 1. The highest BCUT2D eigenvalue weighted by atomic mass is 32.2. The quantitative estimate of drug-likeness (QED) is 0.383. The normalized spacial score (nSPS) is 11.0. The van der Waals surface area contributed by atoms with Gasteiger partial charge in [0.25, 0.3) is 17.0 Å². The van der Waals surface area contributed by atoms with Crippen LogP contribution in [-0.2, 0) is 11.3 Å². The zero-order chi connectivity index (χ0) is 20.3. The van der Waals surface area contributed by atoms with Gasteiger partial charge in [0.15, 0.2) is 0 Å². The molecule has 0 saturated carbocycles. The summed E-state index contributed by atoms with van der Waals surface area (Å²) in [7, 11) is 0. The fourth-order valence-corrected chi connectivity index (χ4v) is 2.95. The molecular weight excluding hydrogens is 394 g/mol. The van der Waals surface area contributed by atoms with Gasteiger partial charge in [0, 0.05) is 22.7 Å². The van der Waals surface area contributed by atoms with Gasteiger partial charge >= 0.3 is 0 Å². The number of aromatic nitrogens is 2. The number of benzene rings is 2. The number of carbonyl (C=O) groups excluding carboxylic acids is 1. The molecule has 0 saturated heterocycles. The van der Waals surface area contributed by atoms with E-state index in [-0.39, 0.29) is 23.1 Å². The molecule has 0 atom stereocenters. The van der Waals surface area contributed by atoms with E-state index in [2.05, 4.69) is 10.3 Å².